The molecule has 6 rings (SSSR count). The Morgan fingerprint density at radius 2 is 1.73 bits per heavy atom. The predicted molar refractivity (Wildman–Crippen MR) is 160 cm³/mol. The van der Waals surface area contributed by atoms with Crippen molar-refractivity contribution in [3.8, 4) is 5.88 Å². The molecule has 8 heteroatoms. The molecule has 2 aromatic carbocycles. The third kappa shape index (κ3) is 5.55. The number of H-pyrrole nitrogens is 2. The number of aromatic nitrogens is 3. The first-order valence-corrected chi connectivity index (χ1v) is 14.3. The lowest BCUT2D eigenvalue weighted by Gasteiger charge is -2.38. The van der Waals surface area contributed by atoms with E-state index >= 15 is 0 Å². The Morgan fingerprint density at radius 1 is 0.976 bits per heavy atom. The molecule has 0 aliphatic heterocycles. The van der Waals surface area contributed by atoms with Crippen LogP contribution in [0.2, 0.25) is 0 Å². The summed E-state index contributed by atoms with van der Waals surface area (Å²) in [4.78, 5) is 38.4. The zero-order valence-corrected chi connectivity index (χ0v) is 23.2. The number of benzene rings is 2. The minimum Gasteiger partial charge on any atom is -0.393 e. The number of fused-ring (bicyclic) bond motifs is 2. The number of amides is 2. The van der Waals surface area contributed by atoms with E-state index in [1.807, 2.05) is 73.1 Å². The molecular weight excluding hydrogens is 514 g/mol. The number of carbonyl (C=O) groups excluding carboxylic acids is 2. The van der Waals surface area contributed by atoms with Gasteiger partial charge in [-0.05, 0) is 49.6 Å². The van der Waals surface area contributed by atoms with Crippen molar-refractivity contribution < 1.29 is 14.3 Å². The topological polar surface area (TPSA) is 112 Å². The molecule has 4 N–H and O–H groups in total. The van der Waals surface area contributed by atoms with E-state index in [1.165, 1.54) is 6.42 Å². The summed E-state index contributed by atoms with van der Waals surface area (Å²) in [6, 6.07) is 23.4. The molecule has 1 atom stereocenters. The zero-order chi connectivity index (χ0) is 28.3. The maximum Gasteiger partial charge on any atom is 0.414 e. The van der Waals surface area contributed by atoms with Gasteiger partial charge in [0, 0.05) is 64.3 Å². The van der Waals surface area contributed by atoms with Crippen molar-refractivity contribution in [1.82, 2.24) is 25.6 Å². The van der Waals surface area contributed by atoms with Gasteiger partial charge in [0.05, 0.1) is 0 Å². The molecule has 3 heterocycles. The Balaban J connectivity index is 1.25. The maximum atomic E-state index is 14.1. The first-order chi connectivity index (χ1) is 19.9. The highest BCUT2D eigenvalue weighted by Crippen LogP contribution is 2.38. The second-order valence-electron chi connectivity index (χ2n) is 11.3. The van der Waals surface area contributed by atoms with Gasteiger partial charge in [-0.1, -0.05) is 61.7 Å². The molecule has 1 aliphatic carbocycles. The molecule has 210 valence electrons. The molecule has 0 bridgehead atoms. The molecule has 0 unspecified atom stereocenters. The second kappa shape index (κ2) is 11.1. The minimum absolute atomic E-state index is 0.234. The van der Waals surface area contributed by atoms with Crippen molar-refractivity contribution >= 4 is 33.8 Å². The summed E-state index contributed by atoms with van der Waals surface area (Å²) in [5, 5.41) is 8.06. The van der Waals surface area contributed by atoms with Crippen LogP contribution in [0.25, 0.3) is 21.8 Å². The highest BCUT2D eigenvalue weighted by Gasteiger charge is 2.40. The van der Waals surface area contributed by atoms with Crippen LogP contribution in [0.4, 0.5) is 4.79 Å². The Kier molecular flexibility index (Phi) is 7.22. The third-order valence-corrected chi connectivity index (χ3v) is 8.41. The van der Waals surface area contributed by atoms with Crippen LogP contribution in [0.1, 0.15) is 50.3 Å². The maximum absolute atomic E-state index is 14.1. The van der Waals surface area contributed by atoms with Gasteiger partial charge in [0.2, 0.25) is 11.8 Å². The lowest BCUT2D eigenvalue weighted by molar-refractivity contribution is -0.127. The van der Waals surface area contributed by atoms with E-state index in [1.54, 1.807) is 13.0 Å². The number of pyridine rings is 1. The molecule has 8 nitrogen and oxygen atoms in total. The van der Waals surface area contributed by atoms with Crippen molar-refractivity contribution in [1.29, 1.82) is 0 Å². The first kappa shape index (κ1) is 26.6. The van der Waals surface area contributed by atoms with Crippen molar-refractivity contribution in [3.05, 3.63) is 96.4 Å². The number of carbonyl (C=O) groups is 2. The van der Waals surface area contributed by atoms with Gasteiger partial charge >= 0.3 is 6.09 Å². The molecule has 1 saturated carbocycles. The van der Waals surface area contributed by atoms with E-state index in [0.717, 1.165) is 58.7 Å². The van der Waals surface area contributed by atoms with Crippen molar-refractivity contribution in [2.24, 2.45) is 0 Å². The van der Waals surface area contributed by atoms with E-state index in [4.69, 9.17) is 4.74 Å². The number of nitrogens with zero attached hydrogens (tertiary/aromatic N) is 1. The smallest absolute Gasteiger partial charge is 0.393 e. The molecule has 5 aromatic rings. The summed E-state index contributed by atoms with van der Waals surface area (Å²) in [6.45, 7) is 2.20. The number of para-hydroxylation sites is 2. The summed E-state index contributed by atoms with van der Waals surface area (Å²) < 4.78 is 5.63. The average Bonchev–Trinajstić information content (AvgIpc) is 3.60. The number of nitrogens with one attached hydrogen (secondary N) is 4. The molecule has 0 saturated heterocycles. The standard InChI is InChI=1S/C33H35N5O3/c1-32(20-24-21-35-27-14-6-4-12-25(24)27,38-31(40)41-29-19-23-11-3-5-13-26(23)37-29)30(39)36-22-33(16-8-2-9-17-33)28-15-7-10-18-34-28/h3-7,10-15,18-19,21,35,37H,2,8-9,16-17,20,22H2,1H3,(H,36,39)(H,38,40)/t32-/m0/s1. The van der Waals surface area contributed by atoms with E-state index in [9.17, 15) is 9.59 Å². The SMILES string of the molecule is C[C@@](Cc1c[nH]c2ccccc12)(NC(=O)Oc1cc2ccccc2[nH]1)C(=O)NCC1(c2ccccn2)CCCCC1. The van der Waals surface area contributed by atoms with Crippen LogP contribution in [0, 0.1) is 0 Å². The lowest BCUT2D eigenvalue weighted by Crippen LogP contribution is -2.60. The van der Waals surface area contributed by atoms with Gasteiger partial charge in [-0.3, -0.25) is 9.78 Å². The average molecular weight is 550 g/mol. The summed E-state index contributed by atoms with van der Waals surface area (Å²) >= 11 is 0. The summed E-state index contributed by atoms with van der Waals surface area (Å²) in [5.41, 5.74) is 2.25. The Hall–Kier alpha value is -4.59. The highest BCUT2D eigenvalue weighted by molar-refractivity contribution is 5.92. The summed E-state index contributed by atoms with van der Waals surface area (Å²) in [5.74, 6) is 0.0483. The van der Waals surface area contributed by atoms with Gasteiger partial charge in [-0.15, -0.1) is 0 Å². The van der Waals surface area contributed by atoms with E-state index < -0.39 is 11.6 Å². The van der Waals surface area contributed by atoms with Gasteiger partial charge in [0.1, 0.15) is 5.54 Å². The fourth-order valence-corrected chi connectivity index (χ4v) is 6.17. The fraction of sp³-hybridized carbons (Fsp3) is 0.303. The van der Waals surface area contributed by atoms with Gasteiger partial charge in [0.25, 0.3) is 0 Å². The molecule has 1 aliphatic rings. The van der Waals surface area contributed by atoms with Crippen LogP contribution in [-0.2, 0) is 16.6 Å². The Bertz CT molecular complexity index is 1640. The lowest BCUT2D eigenvalue weighted by atomic mass is 9.71. The van der Waals surface area contributed by atoms with E-state index in [-0.39, 0.29) is 17.7 Å². The van der Waals surface area contributed by atoms with E-state index in [2.05, 4.69) is 31.7 Å². The number of ether oxygens (including phenoxy) is 1. The summed E-state index contributed by atoms with van der Waals surface area (Å²) in [7, 11) is 0. The van der Waals surface area contributed by atoms with Gasteiger partial charge < -0.3 is 25.3 Å². The van der Waals surface area contributed by atoms with Crippen LogP contribution >= 0.6 is 0 Å². The Labute approximate surface area is 238 Å². The molecule has 1 fully saturated rings. The molecule has 0 radical (unpaired) electrons. The van der Waals surface area contributed by atoms with Gasteiger partial charge in [0.15, 0.2) is 0 Å². The normalized spacial score (nSPS) is 16.2. The Morgan fingerprint density at radius 3 is 2.51 bits per heavy atom. The van der Waals surface area contributed by atoms with Crippen LogP contribution in [0.5, 0.6) is 5.88 Å². The minimum atomic E-state index is -1.28. The van der Waals surface area contributed by atoms with Crippen LogP contribution < -0.4 is 15.4 Å². The molecule has 0 spiro atoms. The number of hydrogen-bond donors (Lipinski definition) is 4. The van der Waals surface area contributed by atoms with Gasteiger partial charge in [-0.2, -0.15) is 0 Å². The van der Waals surface area contributed by atoms with Crippen LogP contribution in [-0.4, -0.2) is 39.0 Å². The molecule has 3 aromatic heterocycles. The number of rotatable bonds is 8. The van der Waals surface area contributed by atoms with Gasteiger partial charge in [-0.25, -0.2) is 4.79 Å². The third-order valence-electron chi connectivity index (χ3n) is 8.41. The summed E-state index contributed by atoms with van der Waals surface area (Å²) in [6.07, 6.45) is 8.57. The van der Waals surface area contributed by atoms with Crippen LogP contribution in [0.15, 0.2) is 85.2 Å². The largest absolute Gasteiger partial charge is 0.414 e. The van der Waals surface area contributed by atoms with Crippen LogP contribution in [0.3, 0.4) is 0 Å². The van der Waals surface area contributed by atoms with E-state index in [0.29, 0.717) is 12.4 Å². The van der Waals surface area contributed by atoms with Crippen molar-refractivity contribution in [2.75, 3.05) is 6.54 Å². The monoisotopic (exact) mass is 549 g/mol. The molecular formula is C33H35N5O3. The zero-order valence-electron chi connectivity index (χ0n) is 23.2. The molecule has 2 amide bonds. The quantitative estimate of drug-likeness (QED) is 0.186. The van der Waals surface area contributed by atoms with Crippen molar-refractivity contribution in [3.63, 3.8) is 0 Å². The first-order valence-electron chi connectivity index (χ1n) is 14.3. The molecule has 41 heavy (non-hydrogen) atoms. The highest BCUT2D eigenvalue weighted by atomic mass is 16.6. The second-order valence-corrected chi connectivity index (χ2v) is 11.3. The fourth-order valence-electron chi connectivity index (χ4n) is 6.17. The predicted octanol–water partition coefficient (Wildman–Crippen LogP) is 6.15. The van der Waals surface area contributed by atoms with Crippen molar-refractivity contribution in [2.45, 2.75) is 56.4 Å². The number of aromatic amines is 2. The number of hydrogen-bond acceptors (Lipinski definition) is 4.